The number of likely N-dealkylation sites (tertiary alicyclic amines) is 1. The fourth-order valence-electron chi connectivity index (χ4n) is 3.15. The zero-order valence-electron chi connectivity index (χ0n) is 15.7. The van der Waals surface area contributed by atoms with Crippen LogP contribution < -0.4 is 15.4 Å². The molecule has 2 aromatic rings. The Balaban J connectivity index is 1.48. The number of piperidine rings is 1. The molecule has 6 heteroatoms. The molecule has 0 aromatic heterocycles. The molecule has 0 saturated carbocycles. The van der Waals surface area contributed by atoms with E-state index >= 15 is 0 Å². The average Bonchev–Trinajstić information content (AvgIpc) is 2.70. The molecule has 2 N–H and O–H groups in total. The van der Waals surface area contributed by atoms with E-state index in [-0.39, 0.29) is 18.0 Å². The number of nitrogens with one attached hydrogen (secondary N) is 2. The van der Waals surface area contributed by atoms with Crippen LogP contribution in [0.25, 0.3) is 0 Å². The average molecular weight is 367 g/mol. The van der Waals surface area contributed by atoms with Crippen molar-refractivity contribution < 1.29 is 14.3 Å². The number of hydrogen-bond donors (Lipinski definition) is 2. The van der Waals surface area contributed by atoms with Crippen LogP contribution in [0.15, 0.2) is 48.5 Å². The number of carbonyl (C=O) groups is 2. The highest BCUT2D eigenvalue weighted by Gasteiger charge is 2.24. The largest absolute Gasteiger partial charge is 0.497 e. The second-order valence-electron chi connectivity index (χ2n) is 6.71. The summed E-state index contributed by atoms with van der Waals surface area (Å²) in [5, 5.41) is 6.01. The Bertz CT molecular complexity index is 797. The minimum Gasteiger partial charge on any atom is -0.497 e. The highest BCUT2D eigenvalue weighted by Crippen LogP contribution is 2.17. The summed E-state index contributed by atoms with van der Waals surface area (Å²) in [6.07, 6.45) is 1.48. The normalized spacial score (nSPS) is 14.5. The molecule has 1 heterocycles. The van der Waals surface area contributed by atoms with Crippen LogP contribution in [-0.4, -0.2) is 43.1 Å². The van der Waals surface area contributed by atoms with Gasteiger partial charge in [-0.05, 0) is 55.7 Å². The number of aryl methyl sites for hydroxylation is 1. The van der Waals surface area contributed by atoms with Crippen LogP contribution in [-0.2, 0) is 0 Å². The lowest BCUT2D eigenvalue weighted by Crippen LogP contribution is -2.47. The predicted octanol–water partition coefficient (Wildman–Crippen LogP) is 3.43. The molecule has 1 saturated heterocycles. The van der Waals surface area contributed by atoms with E-state index in [1.165, 1.54) is 0 Å². The van der Waals surface area contributed by atoms with Crippen molar-refractivity contribution in [2.75, 3.05) is 25.5 Å². The molecule has 0 atom stereocenters. The number of methoxy groups -OCH3 is 1. The van der Waals surface area contributed by atoms with Crippen molar-refractivity contribution >= 4 is 17.6 Å². The Morgan fingerprint density at radius 3 is 2.33 bits per heavy atom. The summed E-state index contributed by atoms with van der Waals surface area (Å²) in [5.74, 6) is 0.625. The lowest BCUT2D eigenvalue weighted by atomic mass is 10.0. The van der Waals surface area contributed by atoms with E-state index in [4.69, 9.17) is 4.74 Å². The van der Waals surface area contributed by atoms with Gasteiger partial charge in [0.25, 0.3) is 5.91 Å². The van der Waals surface area contributed by atoms with Gasteiger partial charge in [-0.2, -0.15) is 0 Å². The number of para-hydroxylation sites is 1. The Hall–Kier alpha value is -3.02. The number of anilines is 1. The molecule has 6 nitrogen and oxygen atoms in total. The fourth-order valence-corrected chi connectivity index (χ4v) is 3.15. The molecule has 0 radical (unpaired) electrons. The van der Waals surface area contributed by atoms with Gasteiger partial charge in [-0.3, -0.25) is 4.79 Å². The van der Waals surface area contributed by atoms with Crippen molar-refractivity contribution in [3.8, 4) is 5.75 Å². The molecule has 27 heavy (non-hydrogen) atoms. The van der Waals surface area contributed by atoms with Gasteiger partial charge in [-0.1, -0.05) is 18.2 Å². The van der Waals surface area contributed by atoms with E-state index in [1.54, 1.807) is 36.3 Å². The molecule has 3 amide bonds. The summed E-state index contributed by atoms with van der Waals surface area (Å²) in [6.45, 7) is 3.20. The third-order valence-electron chi connectivity index (χ3n) is 4.86. The lowest BCUT2D eigenvalue weighted by molar-refractivity contribution is 0.0919. The quantitative estimate of drug-likeness (QED) is 0.870. The molecule has 0 spiro atoms. The van der Waals surface area contributed by atoms with E-state index in [0.717, 1.165) is 29.8 Å². The van der Waals surface area contributed by atoms with Crippen LogP contribution in [0.4, 0.5) is 10.5 Å². The van der Waals surface area contributed by atoms with Gasteiger partial charge < -0.3 is 20.3 Å². The first-order valence-corrected chi connectivity index (χ1v) is 9.13. The molecule has 1 aliphatic heterocycles. The van der Waals surface area contributed by atoms with Gasteiger partial charge in [0.2, 0.25) is 0 Å². The Morgan fingerprint density at radius 2 is 1.70 bits per heavy atom. The summed E-state index contributed by atoms with van der Waals surface area (Å²) in [4.78, 5) is 26.6. The second kappa shape index (κ2) is 8.58. The number of hydrogen-bond acceptors (Lipinski definition) is 3. The van der Waals surface area contributed by atoms with Gasteiger partial charge in [0, 0.05) is 30.4 Å². The number of rotatable bonds is 4. The SMILES string of the molecule is COc1ccc(C(=O)NC2CCN(C(=O)Nc3ccccc3C)CC2)cc1. The predicted molar refractivity (Wildman–Crippen MR) is 105 cm³/mol. The molecular weight excluding hydrogens is 342 g/mol. The summed E-state index contributed by atoms with van der Waals surface area (Å²) in [5.41, 5.74) is 2.47. The van der Waals surface area contributed by atoms with Gasteiger partial charge in [0.15, 0.2) is 0 Å². The zero-order valence-corrected chi connectivity index (χ0v) is 15.7. The van der Waals surface area contributed by atoms with E-state index in [2.05, 4.69) is 10.6 Å². The third-order valence-corrected chi connectivity index (χ3v) is 4.86. The summed E-state index contributed by atoms with van der Waals surface area (Å²) < 4.78 is 5.11. The van der Waals surface area contributed by atoms with Crippen molar-refractivity contribution in [2.24, 2.45) is 0 Å². The Morgan fingerprint density at radius 1 is 1.04 bits per heavy atom. The van der Waals surface area contributed by atoms with Gasteiger partial charge in [0.1, 0.15) is 5.75 Å². The van der Waals surface area contributed by atoms with Crippen molar-refractivity contribution in [1.82, 2.24) is 10.2 Å². The maximum Gasteiger partial charge on any atom is 0.321 e. The first-order chi connectivity index (χ1) is 13.1. The highest BCUT2D eigenvalue weighted by atomic mass is 16.5. The lowest BCUT2D eigenvalue weighted by Gasteiger charge is -2.32. The first-order valence-electron chi connectivity index (χ1n) is 9.13. The molecule has 0 bridgehead atoms. The summed E-state index contributed by atoms with van der Waals surface area (Å²) in [6, 6.07) is 14.7. The molecule has 0 aliphatic carbocycles. The molecule has 3 rings (SSSR count). The Kier molecular flexibility index (Phi) is 5.96. The number of ether oxygens (including phenoxy) is 1. The van der Waals surface area contributed by atoms with Crippen molar-refractivity contribution in [3.05, 3.63) is 59.7 Å². The monoisotopic (exact) mass is 367 g/mol. The minimum atomic E-state index is -0.0968. The fraction of sp³-hybridized carbons (Fsp3) is 0.333. The van der Waals surface area contributed by atoms with Crippen LogP contribution in [0.5, 0.6) is 5.75 Å². The van der Waals surface area contributed by atoms with Crippen molar-refractivity contribution in [1.29, 1.82) is 0 Å². The minimum absolute atomic E-state index is 0.0714. The molecule has 142 valence electrons. The maximum atomic E-state index is 12.4. The van der Waals surface area contributed by atoms with Crippen LogP contribution in [0.3, 0.4) is 0 Å². The highest BCUT2D eigenvalue weighted by molar-refractivity contribution is 5.94. The third kappa shape index (κ3) is 4.78. The van der Waals surface area contributed by atoms with E-state index in [9.17, 15) is 9.59 Å². The molecule has 0 unspecified atom stereocenters. The van der Waals surface area contributed by atoms with Crippen LogP contribution in [0, 0.1) is 6.92 Å². The van der Waals surface area contributed by atoms with E-state index in [0.29, 0.717) is 18.7 Å². The van der Waals surface area contributed by atoms with Crippen molar-refractivity contribution in [2.45, 2.75) is 25.8 Å². The van der Waals surface area contributed by atoms with Crippen LogP contribution in [0.1, 0.15) is 28.8 Å². The summed E-state index contributed by atoms with van der Waals surface area (Å²) >= 11 is 0. The first kappa shape index (κ1) is 18.8. The summed E-state index contributed by atoms with van der Waals surface area (Å²) in [7, 11) is 1.60. The standard InChI is InChI=1S/C21H25N3O3/c1-15-5-3-4-6-19(15)23-21(26)24-13-11-17(12-14-24)22-20(25)16-7-9-18(27-2)10-8-16/h3-10,17H,11-14H2,1-2H3,(H,22,25)(H,23,26). The second-order valence-corrected chi connectivity index (χ2v) is 6.71. The van der Waals surface area contributed by atoms with Gasteiger partial charge in [-0.15, -0.1) is 0 Å². The van der Waals surface area contributed by atoms with E-state index < -0.39 is 0 Å². The molecule has 2 aromatic carbocycles. The van der Waals surface area contributed by atoms with Crippen LogP contribution >= 0.6 is 0 Å². The number of urea groups is 1. The molecule has 1 aliphatic rings. The van der Waals surface area contributed by atoms with E-state index in [1.807, 2.05) is 31.2 Å². The smallest absolute Gasteiger partial charge is 0.321 e. The van der Waals surface area contributed by atoms with Gasteiger partial charge in [0.05, 0.1) is 7.11 Å². The maximum absolute atomic E-state index is 12.4. The van der Waals surface area contributed by atoms with Gasteiger partial charge >= 0.3 is 6.03 Å². The molecule has 1 fully saturated rings. The van der Waals surface area contributed by atoms with Crippen LogP contribution in [0.2, 0.25) is 0 Å². The van der Waals surface area contributed by atoms with Crippen molar-refractivity contribution in [3.63, 3.8) is 0 Å². The Labute approximate surface area is 159 Å². The topological polar surface area (TPSA) is 70.7 Å². The number of benzene rings is 2. The number of carbonyl (C=O) groups excluding carboxylic acids is 2. The van der Waals surface area contributed by atoms with Gasteiger partial charge in [-0.25, -0.2) is 4.79 Å². The number of nitrogens with zero attached hydrogens (tertiary/aromatic N) is 1. The number of amides is 3. The zero-order chi connectivity index (χ0) is 19.2. The molecular formula is C21H25N3O3.